The van der Waals surface area contributed by atoms with E-state index in [0.29, 0.717) is 48.1 Å². The first-order chi connectivity index (χ1) is 14.9. The van der Waals surface area contributed by atoms with Crippen LogP contribution in [0, 0.1) is 5.82 Å². The molecular weight excluding hydrogens is 423 g/mol. The number of benzene rings is 1. The number of rotatable bonds is 7. The van der Waals surface area contributed by atoms with E-state index >= 15 is 0 Å². The van der Waals surface area contributed by atoms with Gasteiger partial charge in [-0.3, -0.25) is 14.4 Å². The van der Waals surface area contributed by atoms with Gasteiger partial charge in [-0.25, -0.2) is 9.37 Å². The lowest BCUT2D eigenvalue weighted by Gasteiger charge is -2.15. The molecule has 1 aliphatic rings. The quantitative estimate of drug-likeness (QED) is 0.450. The number of nitrogens with one attached hydrogen (secondary N) is 1. The van der Waals surface area contributed by atoms with Crippen LogP contribution >= 0.6 is 11.6 Å². The van der Waals surface area contributed by atoms with Crippen molar-refractivity contribution in [2.75, 3.05) is 19.6 Å². The molecule has 1 fully saturated rings. The van der Waals surface area contributed by atoms with Gasteiger partial charge in [0, 0.05) is 55.0 Å². The summed E-state index contributed by atoms with van der Waals surface area (Å²) in [7, 11) is 0. The van der Waals surface area contributed by atoms with Gasteiger partial charge in [0.05, 0.1) is 5.52 Å². The van der Waals surface area contributed by atoms with Crippen LogP contribution in [0.5, 0.6) is 0 Å². The monoisotopic (exact) mass is 442 g/mol. The second-order valence-electron chi connectivity index (χ2n) is 7.34. The van der Waals surface area contributed by atoms with Crippen molar-refractivity contribution in [3.05, 3.63) is 64.8 Å². The third-order valence-corrected chi connectivity index (χ3v) is 5.56. The number of carbonyl (C=O) groups excluding carboxylic acids is 3. The van der Waals surface area contributed by atoms with Crippen molar-refractivity contribution in [3.63, 3.8) is 0 Å². The molecule has 0 bridgehead atoms. The molecule has 1 saturated heterocycles. The lowest BCUT2D eigenvalue weighted by atomic mass is 10.0. The zero-order valence-corrected chi connectivity index (χ0v) is 17.4. The van der Waals surface area contributed by atoms with Gasteiger partial charge in [-0.2, -0.15) is 0 Å². The highest BCUT2D eigenvalue weighted by Gasteiger charge is 2.21. The van der Waals surface area contributed by atoms with Gasteiger partial charge in [-0.15, -0.1) is 0 Å². The van der Waals surface area contributed by atoms with Crippen LogP contribution in [-0.2, 0) is 16.1 Å². The van der Waals surface area contributed by atoms with Crippen molar-refractivity contribution >= 4 is 40.1 Å². The summed E-state index contributed by atoms with van der Waals surface area (Å²) in [5, 5.41) is 3.53. The van der Waals surface area contributed by atoms with E-state index in [0.717, 1.165) is 6.42 Å². The summed E-state index contributed by atoms with van der Waals surface area (Å²) in [5.41, 5.74) is 1.15. The third kappa shape index (κ3) is 4.44. The van der Waals surface area contributed by atoms with Crippen LogP contribution < -0.4 is 5.32 Å². The van der Waals surface area contributed by atoms with Crippen molar-refractivity contribution in [3.8, 4) is 0 Å². The predicted molar refractivity (Wildman–Crippen MR) is 113 cm³/mol. The van der Waals surface area contributed by atoms with E-state index in [4.69, 9.17) is 11.6 Å². The molecule has 0 radical (unpaired) electrons. The Bertz CT molecular complexity index is 1160. The smallest absolute Gasteiger partial charge is 0.240 e. The summed E-state index contributed by atoms with van der Waals surface area (Å²) < 4.78 is 14.8. The fraction of sp³-hybridized carbons (Fsp3) is 0.273. The molecule has 2 aromatic heterocycles. The van der Waals surface area contributed by atoms with Gasteiger partial charge < -0.3 is 14.8 Å². The Morgan fingerprint density at radius 1 is 1.19 bits per heavy atom. The Morgan fingerprint density at radius 2 is 1.97 bits per heavy atom. The zero-order valence-electron chi connectivity index (χ0n) is 16.6. The molecule has 31 heavy (non-hydrogen) atoms. The molecule has 3 heterocycles. The molecule has 2 amide bonds. The fourth-order valence-electron chi connectivity index (χ4n) is 3.75. The highest BCUT2D eigenvalue weighted by molar-refractivity contribution is 6.34. The van der Waals surface area contributed by atoms with Crippen molar-refractivity contribution in [1.29, 1.82) is 0 Å². The van der Waals surface area contributed by atoms with Gasteiger partial charge in [0.15, 0.2) is 10.9 Å². The lowest BCUT2D eigenvalue weighted by Crippen LogP contribution is -2.36. The minimum Gasteiger partial charge on any atom is -0.353 e. The Labute approximate surface area is 182 Å². The maximum absolute atomic E-state index is 13.2. The van der Waals surface area contributed by atoms with E-state index in [2.05, 4.69) is 10.3 Å². The minimum atomic E-state index is -0.432. The topological polar surface area (TPSA) is 84.3 Å². The normalized spacial score (nSPS) is 13.7. The van der Waals surface area contributed by atoms with Crippen LogP contribution in [-0.4, -0.2) is 51.7 Å². The molecule has 0 atom stereocenters. The number of halogens is 2. The summed E-state index contributed by atoms with van der Waals surface area (Å²) in [6.07, 6.45) is 4.45. The number of hydrogen-bond donors (Lipinski definition) is 1. The molecule has 1 N–H and O–H groups in total. The number of carbonyl (C=O) groups is 3. The standard InChI is InChI=1S/C22H20ClFN4O3/c23-22-20-16(7-8-26-22)17(21(31)14-3-5-15(24)6-4-14)12-28(20)13-18(29)25-9-11-27-10-1-2-19(27)30/h3-8,12H,1-2,9-11,13H2,(H,25,29). The summed E-state index contributed by atoms with van der Waals surface area (Å²) in [6.45, 7) is 1.46. The molecule has 7 nitrogen and oxygen atoms in total. The molecule has 0 spiro atoms. The number of nitrogens with zero attached hydrogens (tertiary/aromatic N) is 3. The molecule has 3 aromatic rings. The number of amides is 2. The van der Waals surface area contributed by atoms with Crippen LogP contribution in [0.15, 0.2) is 42.7 Å². The summed E-state index contributed by atoms with van der Waals surface area (Å²) in [6, 6.07) is 6.93. The van der Waals surface area contributed by atoms with Gasteiger partial charge >= 0.3 is 0 Å². The van der Waals surface area contributed by atoms with Gasteiger partial charge in [0.25, 0.3) is 0 Å². The number of likely N-dealkylation sites (tertiary alicyclic amines) is 1. The predicted octanol–water partition coefficient (Wildman–Crippen LogP) is 2.80. The molecule has 4 rings (SSSR count). The fourth-order valence-corrected chi connectivity index (χ4v) is 4.02. The van der Waals surface area contributed by atoms with Gasteiger partial charge in [0.1, 0.15) is 12.4 Å². The van der Waals surface area contributed by atoms with Crippen LogP contribution in [0.1, 0.15) is 28.8 Å². The van der Waals surface area contributed by atoms with Gasteiger partial charge in [0.2, 0.25) is 11.8 Å². The molecule has 9 heteroatoms. The SMILES string of the molecule is O=C(Cn1cc(C(=O)c2ccc(F)cc2)c2ccnc(Cl)c21)NCCN1CCCC1=O. The molecule has 160 valence electrons. The Hall–Kier alpha value is -3.26. The van der Waals surface area contributed by atoms with Gasteiger partial charge in [-0.1, -0.05) is 11.6 Å². The molecule has 1 aliphatic heterocycles. The van der Waals surface area contributed by atoms with E-state index in [1.165, 1.54) is 30.5 Å². The zero-order chi connectivity index (χ0) is 22.0. The number of pyridine rings is 1. The van der Waals surface area contributed by atoms with Crippen molar-refractivity contribution in [2.24, 2.45) is 0 Å². The van der Waals surface area contributed by atoms with Crippen LogP contribution in [0.4, 0.5) is 4.39 Å². The Balaban J connectivity index is 1.53. The van der Waals surface area contributed by atoms with Crippen LogP contribution in [0.25, 0.3) is 10.9 Å². The van der Waals surface area contributed by atoms with Crippen molar-refractivity contribution in [1.82, 2.24) is 19.8 Å². The van der Waals surface area contributed by atoms with Crippen molar-refractivity contribution < 1.29 is 18.8 Å². The third-order valence-electron chi connectivity index (χ3n) is 5.28. The Kier molecular flexibility index (Phi) is 5.99. The number of aromatic nitrogens is 2. The second-order valence-corrected chi connectivity index (χ2v) is 7.70. The highest BCUT2D eigenvalue weighted by Crippen LogP contribution is 2.28. The molecule has 0 saturated carbocycles. The first kappa shape index (κ1) is 21.0. The average molecular weight is 443 g/mol. The largest absolute Gasteiger partial charge is 0.353 e. The number of fused-ring (bicyclic) bond motifs is 1. The molecule has 1 aromatic carbocycles. The number of ketones is 1. The molecule has 0 aliphatic carbocycles. The van der Waals surface area contributed by atoms with Gasteiger partial charge in [-0.05, 0) is 36.8 Å². The average Bonchev–Trinajstić information content (AvgIpc) is 3.32. The van der Waals surface area contributed by atoms with Crippen molar-refractivity contribution in [2.45, 2.75) is 19.4 Å². The summed E-state index contributed by atoms with van der Waals surface area (Å²) in [5.74, 6) is -0.908. The van der Waals surface area contributed by atoms with E-state index < -0.39 is 5.82 Å². The van der Waals surface area contributed by atoms with E-state index in [-0.39, 0.29) is 29.3 Å². The summed E-state index contributed by atoms with van der Waals surface area (Å²) >= 11 is 6.27. The summed E-state index contributed by atoms with van der Waals surface area (Å²) in [4.78, 5) is 42.9. The maximum Gasteiger partial charge on any atom is 0.240 e. The maximum atomic E-state index is 13.2. The van der Waals surface area contributed by atoms with E-state index in [1.54, 1.807) is 21.7 Å². The van der Waals surface area contributed by atoms with E-state index in [1.807, 2.05) is 0 Å². The highest BCUT2D eigenvalue weighted by atomic mass is 35.5. The van der Waals surface area contributed by atoms with Crippen LogP contribution in [0.3, 0.4) is 0 Å². The molecular formula is C22H20ClFN4O3. The first-order valence-corrected chi connectivity index (χ1v) is 10.3. The Morgan fingerprint density at radius 3 is 2.68 bits per heavy atom. The lowest BCUT2D eigenvalue weighted by molar-refractivity contribution is -0.128. The second kappa shape index (κ2) is 8.85. The minimum absolute atomic E-state index is 0.0629. The van der Waals surface area contributed by atoms with Crippen LogP contribution in [0.2, 0.25) is 5.15 Å². The first-order valence-electron chi connectivity index (χ1n) is 9.92. The number of hydrogen-bond acceptors (Lipinski definition) is 4. The molecule has 0 unspecified atom stereocenters. The van der Waals surface area contributed by atoms with E-state index in [9.17, 15) is 18.8 Å².